The number of thiazole rings is 1. The Bertz CT molecular complexity index is 509. The molecule has 1 fully saturated rings. The van der Waals surface area contributed by atoms with Crippen molar-refractivity contribution in [2.24, 2.45) is 4.99 Å². The first-order valence-electron chi connectivity index (χ1n) is 8.88. The molecule has 0 amide bonds. The molecule has 2 rings (SSSR count). The van der Waals surface area contributed by atoms with Gasteiger partial charge in [0.2, 0.25) is 0 Å². The second-order valence-electron chi connectivity index (χ2n) is 6.36. The standard InChI is InChI=1S/C17H31N5OS/c1-5-18-17(21-10-16-20-9-15(4)24-16)19-7-6-8-22-11-13(2)23-14(3)12-22/h9,13-14H,5-8,10-12H2,1-4H3,(H2,18,19,21). The lowest BCUT2D eigenvalue weighted by Crippen LogP contribution is -2.46. The van der Waals surface area contributed by atoms with Gasteiger partial charge in [0.25, 0.3) is 0 Å². The predicted molar refractivity (Wildman–Crippen MR) is 101 cm³/mol. The minimum atomic E-state index is 0.336. The van der Waals surface area contributed by atoms with Crippen LogP contribution in [0.4, 0.5) is 0 Å². The van der Waals surface area contributed by atoms with Crippen molar-refractivity contribution in [3.63, 3.8) is 0 Å². The lowest BCUT2D eigenvalue weighted by atomic mass is 10.2. The van der Waals surface area contributed by atoms with Gasteiger partial charge in [-0.15, -0.1) is 11.3 Å². The molecule has 7 heteroatoms. The van der Waals surface area contributed by atoms with Crippen molar-refractivity contribution in [2.75, 3.05) is 32.7 Å². The number of hydrogen-bond acceptors (Lipinski definition) is 5. The monoisotopic (exact) mass is 353 g/mol. The number of rotatable bonds is 7. The van der Waals surface area contributed by atoms with E-state index in [2.05, 4.69) is 53.2 Å². The number of aromatic nitrogens is 1. The Balaban J connectivity index is 1.71. The Labute approximate surface area is 149 Å². The smallest absolute Gasteiger partial charge is 0.191 e. The van der Waals surface area contributed by atoms with Crippen LogP contribution in [0.3, 0.4) is 0 Å². The van der Waals surface area contributed by atoms with Crippen LogP contribution < -0.4 is 10.6 Å². The van der Waals surface area contributed by atoms with E-state index < -0.39 is 0 Å². The van der Waals surface area contributed by atoms with Crippen LogP contribution in [0.1, 0.15) is 37.1 Å². The highest BCUT2D eigenvalue weighted by atomic mass is 32.1. The summed E-state index contributed by atoms with van der Waals surface area (Å²) in [6, 6.07) is 0. The Hall–Kier alpha value is -1.18. The number of aryl methyl sites for hydroxylation is 1. The lowest BCUT2D eigenvalue weighted by molar-refractivity contribution is -0.0679. The third-order valence-electron chi connectivity index (χ3n) is 3.82. The molecule has 24 heavy (non-hydrogen) atoms. The quantitative estimate of drug-likeness (QED) is 0.446. The summed E-state index contributed by atoms with van der Waals surface area (Å²) in [5.41, 5.74) is 0. The number of aliphatic imine (C=N–C) groups is 1. The Kier molecular flexibility index (Phi) is 7.94. The molecule has 6 nitrogen and oxygen atoms in total. The molecule has 0 aliphatic carbocycles. The summed E-state index contributed by atoms with van der Waals surface area (Å²) >= 11 is 1.70. The van der Waals surface area contributed by atoms with Crippen molar-refractivity contribution in [2.45, 2.75) is 52.9 Å². The van der Waals surface area contributed by atoms with Crippen molar-refractivity contribution >= 4 is 17.3 Å². The van der Waals surface area contributed by atoms with E-state index in [1.165, 1.54) is 4.88 Å². The summed E-state index contributed by atoms with van der Waals surface area (Å²) < 4.78 is 5.78. The number of hydrogen-bond donors (Lipinski definition) is 2. The molecule has 2 atom stereocenters. The zero-order chi connectivity index (χ0) is 17.4. The number of nitrogens with zero attached hydrogens (tertiary/aromatic N) is 3. The van der Waals surface area contributed by atoms with Crippen LogP contribution in [-0.2, 0) is 11.3 Å². The van der Waals surface area contributed by atoms with Gasteiger partial charge in [-0.1, -0.05) is 0 Å². The summed E-state index contributed by atoms with van der Waals surface area (Å²) in [5.74, 6) is 0.870. The average Bonchev–Trinajstić information content (AvgIpc) is 2.93. The highest BCUT2D eigenvalue weighted by Crippen LogP contribution is 2.12. The number of ether oxygens (including phenoxy) is 1. The van der Waals surface area contributed by atoms with Gasteiger partial charge < -0.3 is 15.4 Å². The van der Waals surface area contributed by atoms with Crippen LogP contribution in [-0.4, -0.2) is 60.8 Å². The SMILES string of the molecule is CCNC(=NCc1ncc(C)s1)NCCCN1CC(C)OC(C)C1. The molecular weight excluding hydrogens is 322 g/mol. The molecule has 1 aromatic heterocycles. The molecule has 1 aromatic rings. The minimum Gasteiger partial charge on any atom is -0.373 e. The van der Waals surface area contributed by atoms with E-state index in [-0.39, 0.29) is 0 Å². The fourth-order valence-electron chi connectivity index (χ4n) is 2.94. The second kappa shape index (κ2) is 9.96. The third kappa shape index (κ3) is 6.75. The van der Waals surface area contributed by atoms with Gasteiger partial charge in [0.1, 0.15) is 5.01 Å². The van der Waals surface area contributed by atoms with Gasteiger partial charge in [0.05, 0.1) is 18.8 Å². The van der Waals surface area contributed by atoms with Gasteiger partial charge in [-0.05, 0) is 34.1 Å². The van der Waals surface area contributed by atoms with Gasteiger partial charge >= 0.3 is 0 Å². The fourth-order valence-corrected chi connectivity index (χ4v) is 3.65. The molecule has 2 N–H and O–H groups in total. The van der Waals surface area contributed by atoms with Gasteiger partial charge in [0, 0.05) is 43.8 Å². The topological polar surface area (TPSA) is 61.8 Å². The molecule has 136 valence electrons. The van der Waals surface area contributed by atoms with E-state index in [1.54, 1.807) is 11.3 Å². The van der Waals surface area contributed by atoms with Gasteiger partial charge in [-0.3, -0.25) is 4.90 Å². The molecule has 1 aliphatic rings. The highest BCUT2D eigenvalue weighted by molar-refractivity contribution is 7.11. The molecule has 2 unspecified atom stereocenters. The summed E-state index contributed by atoms with van der Waals surface area (Å²) in [4.78, 5) is 12.7. The molecule has 0 spiro atoms. The Morgan fingerprint density at radius 1 is 1.38 bits per heavy atom. The van der Waals surface area contributed by atoms with E-state index in [1.807, 2.05) is 6.20 Å². The van der Waals surface area contributed by atoms with Crippen molar-refractivity contribution in [1.82, 2.24) is 20.5 Å². The molecule has 0 bridgehead atoms. The summed E-state index contributed by atoms with van der Waals surface area (Å²) in [6.45, 7) is 14.0. The van der Waals surface area contributed by atoms with Crippen molar-refractivity contribution in [3.8, 4) is 0 Å². The first-order chi connectivity index (χ1) is 11.6. The first kappa shape index (κ1) is 19.1. The molecular formula is C17H31N5OS. The third-order valence-corrected chi connectivity index (χ3v) is 4.72. The van der Waals surface area contributed by atoms with E-state index in [4.69, 9.17) is 4.74 Å². The highest BCUT2D eigenvalue weighted by Gasteiger charge is 2.21. The first-order valence-corrected chi connectivity index (χ1v) is 9.69. The maximum absolute atomic E-state index is 5.78. The summed E-state index contributed by atoms with van der Waals surface area (Å²) in [7, 11) is 0. The number of nitrogens with one attached hydrogen (secondary N) is 2. The maximum atomic E-state index is 5.78. The number of morpholine rings is 1. The average molecular weight is 354 g/mol. The molecule has 1 saturated heterocycles. The molecule has 0 saturated carbocycles. The zero-order valence-corrected chi connectivity index (χ0v) is 16.2. The van der Waals surface area contributed by atoms with Crippen LogP contribution in [0, 0.1) is 6.92 Å². The van der Waals surface area contributed by atoms with Gasteiger partial charge in [0.15, 0.2) is 5.96 Å². The normalized spacial score (nSPS) is 22.6. The van der Waals surface area contributed by atoms with Crippen LogP contribution >= 0.6 is 11.3 Å². The van der Waals surface area contributed by atoms with Crippen LogP contribution in [0.2, 0.25) is 0 Å². The summed E-state index contributed by atoms with van der Waals surface area (Å²) in [6.07, 6.45) is 3.67. The van der Waals surface area contributed by atoms with E-state index in [0.29, 0.717) is 18.8 Å². The van der Waals surface area contributed by atoms with Crippen molar-refractivity contribution in [1.29, 1.82) is 0 Å². The molecule has 1 aliphatic heterocycles. The second-order valence-corrected chi connectivity index (χ2v) is 7.68. The minimum absolute atomic E-state index is 0.336. The largest absolute Gasteiger partial charge is 0.373 e. The lowest BCUT2D eigenvalue weighted by Gasteiger charge is -2.35. The Morgan fingerprint density at radius 2 is 2.12 bits per heavy atom. The molecule has 2 heterocycles. The van der Waals surface area contributed by atoms with Gasteiger partial charge in [-0.25, -0.2) is 9.98 Å². The summed E-state index contributed by atoms with van der Waals surface area (Å²) in [5, 5.41) is 7.77. The van der Waals surface area contributed by atoms with Crippen molar-refractivity contribution < 1.29 is 4.74 Å². The zero-order valence-electron chi connectivity index (χ0n) is 15.3. The van der Waals surface area contributed by atoms with E-state index in [9.17, 15) is 0 Å². The molecule has 0 radical (unpaired) electrons. The predicted octanol–water partition coefficient (Wildman–Crippen LogP) is 2.01. The van der Waals surface area contributed by atoms with E-state index in [0.717, 1.165) is 50.1 Å². The molecule has 0 aromatic carbocycles. The van der Waals surface area contributed by atoms with Crippen LogP contribution in [0.25, 0.3) is 0 Å². The fraction of sp³-hybridized carbons (Fsp3) is 0.765. The van der Waals surface area contributed by atoms with E-state index >= 15 is 0 Å². The number of guanidine groups is 1. The maximum Gasteiger partial charge on any atom is 0.191 e. The van der Waals surface area contributed by atoms with Crippen molar-refractivity contribution in [3.05, 3.63) is 16.1 Å². The van der Waals surface area contributed by atoms with Gasteiger partial charge in [-0.2, -0.15) is 0 Å². The Morgan fingerprint density at radius 3 is 2.75 bits per heavy atom. The van der Waals surface area contributed by atoms with Crippen LogP contribution in [0.5, 0.6) is 0 Å². The van der Waals surface area contributed by atoms with Crippen LogP contribution in [0.15, 0.2) is 11.2 Å².